The van der Waals surface area contributed by atoms with Crippen LogP contribution >= 0.6 is 0 Å². The molecule has 5 N–H and O–H groups in total. The molecule has 0 saturated carbocycles. The number of nitrogens with one attached hydrogen (secondary N) is 1. The molecule has 0 amide bonds. The van der Waals surface area contributed by atoms with Crippen LogP contribution in [0.15, 0.2) is 5.16 Å². The van der Waals surface area contributed by atoms with Gasteiger partial charge in [-0.25, -0.2) is 0 Å². The van der Waals surface area contributed by atoms with Crippen LogP contribution in [0.1, 0.15) is 26.7 Å². The van der Waals surface area contributed by atoms with Gasteiger partial charge < -0.3 is 21.4 Å². The van der Waals surface area contributed by atoms with E-state index in [1.807, 2.05) is 13.8 Å². The van der Waals surface area contributed by atoms with Gasteiger partial charge in [0.15, 0.2) is 5.84 Å². The van der Waals surface area contributed by atoms with E-state index in [4.69, 9.17) is 16.0 Å². The molecule has 1 unspecified atom stereocenters. The highest BCUT2D eigenvalue weighted by Gasteiger charge is 2.42. The van der Waals surface area contributed by atoms with Crippen molar-refractivity contribution in [3.05, 3.63) is 0 Å². The molecule has 0 aromatic heterocycles. The molecule has 0 fully saturated rings. The molecule has 1 atom stereocenters. The summed E-state index contributed by atoms with van der Waals surface area (Å²) in [6.45, 7) is 3.74. The van der Waals surface area contributed by atoms with Gasteiger partial charge in [-0.1, -0.05) is 19.0 Å². The standard InChI is InChI=1S/C11H22F3N3O2/c1-10(2,4-3-5-18)7-16-6-8(9(15)17-19)11(12,13)14/h8,16,18-19H,3-7H2,1-2H3,(H2,15,17). The number of aliphatic hydroxyl groups is 1. The molecule has 0 heterocycles. The van der Waals surface area contributed by atoms with Crippen LogP contribution < -0.4 is 11.1 Å². The molecule has 0 saturated heterocycles. The molecule has 0 aliphatic carbocycles. The van der Waals surface area contributed by atoms with Crippen molar-refractivity contribution in [1.29, 1.82) is 0 Å². The Morgan fingerprint density at radius 3 is 2.37 bits per heavy atom. The Morgan fingerprint density at radius 1 is 1.37 bits per heavy atom. The Labute approximate surface area is 110 Å². The molecule has 8 heteroatoms. The molecule has 0 spiro atoms. The van der Waals surface area contributed by atoms with Gasteiger partial charge in [-0.2, -0.15) is 13.2 Å². The SMILES string of the molecule is CC(C)(CCCO)CNCC(C(N)=NO)C(F)(F)F. The van der Waals surface area contributed by atoms with E-state index in [2.05, 4.69) is 10.5 Å². The minimum absolute atomic E-state index is 0.0543. The third-order valence-corrected chi connectivity index (χ3v) is 2.83. The van der Waals surface area contributed by atoms with Gasteiger partial charge in [0.25, 0.3) is 0 Å². The lowest BCUT2D eigenvalue weighted by Gasteiger charge is -2.26. The fourth-order valence-electron chi connectivity index (χ4n) is 1.66. The highest BCUT2D eigenvalue weighted by Crippen LogP contribution is 2.26. The van der Waals surface area contributed by atoms with Gasteiger partial charge >= 0.3 is 6.18 Å². The maximum Gasteiger partial charge on any atom is 0.400 e. The average molecular weight is 285 g/mol. The van der Waals surface area contributed by atoms with Gasteiger partial charge in [0, 0.05) is 19.7 Å². The lowest BCUT2D eigenvalue weighted by Crippen LogP contribution is -2.44. The molecule has 0 aliphatic heterocycles. The lowest BCUT2D eigenvalue weighted by molar-refractivity contribution is -0.155. The van der Waals surface area contributed by atoms with Gasteiger partial charge in [-0.05, 0) is 18.3 Å². The summed E-state index contributed by atoms with van der Waals surface area (Å²) in [6.07, 6.45) is -3.27. The summed E-state index contributed by atoms with van der Waals surface area (Å²) in [6, 6.07) is 0. The summed E-state index contributed by atoms with van der Waals surface area (Å²) in [5.41, 5.74) is 4.81. The van der Waals surface area contributed by atoms with E-state index >= 15 is 0 Å². The van der Waals surface area contributed by atoms with E-state index in [1.54, 1.807) is 0 Å². The van der Waals surface area contributed by atoms with E-state index in [9.17, 15) is 13.2 Å². The van der Waals surface area contributed by atoms with Crippen LogP contribution in [-0.4, -0.2) is 42.0 Å². The maximum atomic E-state index is 12.6. The molecule has 0 bridgehead atoms. The number of alkyl halides is 3. The van der Waals surface area contributed by atoms with Crippen molar-refractivity contribution in [2.75, 3.05) is 19.7 Å². The number of aliphatic hydroxyl groups excluding tert-OH is 1. The molecule has 0 aliphatic rings. The average Bonchev–Trinajstić information content (AvgIpc) is 2.29. The Bertz CT molecular complexity index is 293. The maximum absolute atomic E-state index is 12.6. The van der Waals surface area contributed by atoms with Crippen molar-refractivity contribution in [2.24, 2.45) is 22.2 Å². The first-order chi connectivity index (χ1) is 8.64. The predicted molar refractivity (Wildman–Crippen MR) is 65.9 cm³/mol. The van der Waals surface area contributed by atoms with Crippen molar-refractivity contribution in [1.82, 2.24) is 5.32 Å². The van der Waals surface area contributed by atoms with Gasteiger partial charge in [-0.15, -0.1) is 0 Å². The van der Waals surface area contributed by atoms with Crippen molar-refractivity contribution in [2.45, 2.75) is 32.9 Å². The number of hydrogen-bond acceptors (Lipinski definition) is 4. The Hall–Kier alpha value is -1.02. The van der Waals surface area contributed by atoms with E-state index in [0.29, 0.717) is 19.4 Å². The normalized spacial score (nSPS) is 15.6. The first-order valence-corrected chi connectivity index (χ1v) is 6.00. The van der Waals surface area contributed by atoms with Crippen LogP contribution in [0.5, 0.6) is 0 Å². The predicted octanol–water partition coefficient (Wildman–Crippen LogP) is 1.30. The zero-order valence-corrected chi connectivity index (χ0v) is 11.2. The van der Waals surface area contributed by atoms with E-state index in [-0.39, 0.29) is 12.0 Å². The molecule has 19 heavy (non-hydrogen) atoms. The fraction of sp³-hybridized carbons (Fsp3) is 0.909. The van der Waals surface area contributed by atoms with Crippen LogP contribution in [0.3, 0.4) is 0 Å². The molecule has 5 nitrogen and oxygen atoms in total. The quantitative estimate of drug-likeness (QED) is 0.234. The summed E-state index contributed by atoms with van der Waals surface area (Å²) in [4.78, 5) is 0. The van der Waals surface area contributed by atoms with Crippen molar-refractivity contribution >= 4 is 5.84 Å². The Kier molecular flexibility index (Phi) is 7.14. The number of nitrogens with two attached hydrogens (primary N) is 1. The van der Waals surface area contributed by atoms with Crippen LogP contribution in [0.2, 0.25) is 0 Å². The van der Waals surface area contributed by atoms with Crippen molar-refractivity contribution in [3.63, 3.8) is 0 Å². The van der Waals surface area contributed by atoms with Gasteiger partial charge in [0.1, 0.15) is 5.92 Å². The summed E-state index contributed by atoms with van der Waals surface area (Å²) in [7, 11) is 0. The topological polar surface area (TPSA) is 90.9 Å². The number of rotatable bonds is 8. The first-order valence-electron chi connectivity index (χ1n) is 6.00. The number of hydrogen-bond donors (Lipinski definition) is 4. The third kappa shape index (κ3) is 7.22. The fourth-order valence-corrected chi connectivity index (χ4v) is 1.66. The van der Waals surface area contributed by atoms with Crippen LogP contribution in [0.4, 0.5) is 13.2 Å². The molecular weight excluding hydrogens is 263 g/mol. The monoisotopic (exact) mass is 285 g/mol. The number of amidine groups is 1. The molecule has 0 aromatic rings. The largest absolute Gasteiger partial charge is 0.409 e. The van der Waals surface area contributed by atoms with Gasteiger partial charge in [0.2, 0.25) is 0 Å². The highest BCUT2D eigenvalue weighted by molar-refractivity contribution is 5.83. The molecule has 114 valence electrons. The summed E-state index contributed by atoms with van der Waals surface area (Å²) >= 11 is 0. The van der Waals surface area contributed by atoms with Crippen molar-refractivity contribution in [3.8, 4) is 0 Å². The van der Waals surface area contributed by atoms with E-state index in [0.717, 1.165) is 0 Å². The second kappa shape index (κ2) is 7.54. The highest BCUT2D eigenvalue weighted by atomic mass is 19.4. The summed E-state index contributed by atoms with van der Waals surface area (Å²) in [5, 5.41) is 22.2. The third-order valence-electron chi connectivity index (χ3n) is 2.83. The number of halogens is 3. The smallest absolute Gasteiger partial charge is 0.400 e. The number of nitrogens with zero attached hydrogens (tertiary/aromatic N) is 1. The van der Waals surface area contributed by atoms with E-state index in [1.165, 1.54) is 0 Å². The zero-order chi connectivity index (χ0) is 15.1. The lowest BCUT2D eigenvalue weighted by atomic mass is 9.87. The van der Waals surface area contributed by atoms with Crippen LogP contribution in [-0.2, 0) is 0 Å². The van der Waals surface area contributed by atoms with Crippen molar-refractivity contribution < 1.29 is 23.5 Å². The van der Waals surface area contributed by atoms with Crippen LogP contribution in [0.25, 0.3) is 0 Å². The van der Waals surface area contributed by atoms with Gasteiger partial charge in [-0.3, -0.25) is 0 Å². The second-order valence-corrected chi connectivity index (χ2v) is 5.24. The van der Waals surface area contributed by atoms with E-state index < -0.39 is 24.5 Å². The van der Waals surface area contributed by atoms with Gasteiger partial charge in [0.05, 0.1) is 0 Å². The summed E-state index contributed by atoms with van der Waals surface area (Å²) < 4.78 is 37.9. The Balaban J connectivity index is 4.35. The molecule has 0 rings (SSSR count). The molecular formula is C11H22F3N3O2. The minimum atomic E-state index is -4.56. The Morgan fingerprint density at radius 2 is 1.95 bits per heavy atom. The first kappa shape index (κ1) is 18.0. The minimum Gasteiger partial charge on any atom is -0.409 e. The summed E-state index contributed by atoms with van der Waals surface area (Å²) in [5.74, 6) is -2.86. The molecule has 0 aromatic carbocycles. The van der Waals surface area contributed by atoms with Crippen LogP contribution in [0, 0.1) is 11.3 Å². The molecule has 0 radical (unpaired) electrons. The second-order valence-electron chi connectivity index (χ2n) is 5.24. The zero-order valence-electron chi connectivity index (χ0n) is 11.2. The number of oxime groups is 1.